The van der Waals surface area contributed by atoms with Gasteiger partial charge in [0.2, 0.25) is 0 Å². The van der Waals surface area contributed by atoms with E-state index in [0.717, 1.165) is 10.9 Å². The van der Waals surface area contributed by atoms with E-state index < -0.39 is 6.10 Å². The minimum atomic E-state index is -0.766. The molecule has 3 rings (SSSR count). The zero-order valence-electron chi connectivity index (χ0n) is 15.0. The van der Waals surface area contributed by atoms with E-state index in [1.165, 1.54) is 0 Å². The topological polar surface area (TPSA) is 81.3 Å². The molecule has 0 aliphatic carbocycles. The number of benzene rings is 2. The second-order valence-corrected chi connectivity index (χ2v) is 5.85. The van der Waals surface area contributed by atoms with Crippen LogP contribution in [0.5, 0.6) is 17.2 Å². The van der Waals surface area contributed by atoms with E-state index in [0.29, 0.717) is 34.2 Å². The molecule has 0 fully saturated rings. The van der Waals surface area contributed by atoms with Crippen LogP contribution in [0.4, 0.5) is 0 Å². The maximum atomic E-state index is 10.2. The third-order valence-corrected chi connectivity index (χ3v) is 4.28. The van der Waals surface area contributed by atoms with E-state index in [9.17, 15) is 5.11 Å². The zero-order chi connectivity index (χ0) is 18.7. The third kappa shape index (κ3) is 3.34. The maximum Gasteiger partial charge on any atom is 0.176 e. The summed E-state index contributed by atoms with van der Waals surface area (Å²) in [5, 5.41) is 20.0. The van der Waals surface area contributed by atoms with E-state index in [2.05, 4.69) is 0 Å². The first-order valence-electron chi connectivity index (χ1n) is 8.24. The van der Waals surface area contributed by atoms with Gasteiger partial charge in [-0.3, -0.25) is 0 Å². The lowest BCUT2D eigenvalue weighted by Crippen LogP contribution is -2.00. The van der Waals surface area contributed by atoms with Crippen molar-refractivity contribution in [1.29, 1.82) is 0 Å². The first-order chi connectivity index (χ1) is 12.6. The lowest BCUT2D eigenvalue weighted by molar-refractivity contribution is 0.134. The molecule has 0 radical (unpaired) electrons. The Morgan fingerprint density at radius 1 is 0.923 bits per heavy atom. The fourth-order valence-corrected chi connectivity index (χ4v) is 2.91. The molecule has 0 saturated carbocycles. The second kappa shape index (κ2) is 7.68. The van der Waals surface area contributed by atoms with Gasteiger partial charge in [-0.1, -0.05) is 0 Å². The van der Waals surface area contributed by atoms with Gasteiger partial charge in [-0.05, 0) is 42.0 Å². The number of rotatable bonds is 7. The van der Waals surface area contributed by atoms with Gasteiger partial charge in [-0.15, -0.1) is 0 Å². The molecule has 6 heteroatoms. The van der Waals surface area contributed by atoms with Crippen LogP contribution < -0.4 is 14.2 Å². The summed E-state index contributed by atoms with van der Waals surface area (Å²) < 4.78 is 22.0. The van der Waals surface area contributed by atoms with Crippen molar-refractivity contribution in [2.75, 3.05) is 27.9 Å². The highest BCUT2D eigenvalue weighted by Crippen LogP contribution is 2.38. The summed E-state index contributed by atoms with van der Waals surface area (Å²) in [4.78, 5) is 0. The lowest BCUT2D eigenvalue weighted by atomic mass is 10.0. The first kappa shape index (κ1) is 18.1. The van der Waals surface area contributed by atoms with E-state index in [1.54, 1.807) is 27.4 Å². The average Bonchev–Trinajstić information content (AvgIpc) is 3.10. The summed E-state index contributed by atoms with van der Waals surface area (Å²) in [6.45, 7) is -0.0935. The Kier molecular flexibility index (Phi) is 5.35. The molecule has 0 bridgehead atoms. The molecule has 0 spiro atoms. The normalized spacial score (nSPS) is 12.2. The van der Waals surface area contributed by atoms with Gasteiger partial charge in [-0.2, -0.15) is 0 Å². The van der Waals surface area contributed by atoms with Crippen LogP contribution in [0.15, 0.2) is 40.8 Å². The van der Waals surface area contributed by atoms with Crippen LogP contribution in [-0.4, -0.2) is 38.1 Å². The fourth-order valence-electron chi connectivity index (χ4n) is 2.91. The number of hydrogen-bond acceptors (Lipinski definition) is 6. The highest BCUT2D eigenvalue weighted by atomic mass is 16.5. The van der Waals surface area contributed by atoms with Gasteiger partial charge in [0.05, 0.1) is 27.4 Å². The average molecular weight is 358 g/mol. The van der Waals surface area contributed by atoms with Crippen LogP contribution in [0.1, 0.15) is 18.1 Å². The summed E-state index contributed by atoms with van der Waals surface area (Å²) >= 11 is 0. The largest absolute Gasteiger partial charge is 0.493 e. The Morgan fingerprint density at radius 2 is 1.65 bits per heavy atom. The van der Waals surface area contributed by atoms with Gasteiger partial charge in [-0.25, -0.2) is 0 Å². The molecule has 2 N–H and O–H groups in total. The van der Waals surface area contributed by atoms with Crippen molar-refractivity contribution in [1.82, 2.24) is 0 Å². The van der Waals surface area contributed by atoms with Crippen molar-refractivity contribution in [2.24, 2.45) is 0 Å². The van der Waals surface area contributed by atoms with Crippen molar-refractivity contribution < 1.29 is 28.8 Å². The minimum absolute atomic E-state index is 0.0935. The van der Waals surface area contributed by atoms with Crippen molar-refractivity contribution in [3.63, 3.8) is 0 Å². The van der Waals surface area contributed by atoms with Crippen molar-refractivity contribution in [3.05, 3.63) is 42.0 Å². The molecule has 0 amide bonds. The van der Waals surface area contributed by atoms with Gasteiger partial charge >= 0.3 is 0 Å². The van der Waals surface area contributed by atoms with Gasteiger partial charge in [0, 0.05) is 24.0 Å². The smallest absolute Gasteiger partial charge is 0.176 e. The number of ether oxygens (including phenoxy) is 3. The molecule has 26 heavy (non-hydrogen) atoms. The van der Waals surface area contributed by atoms with Gasteiger partial charge in [0.1, 0.15) is 5.76 Å². The lowest BCUT2D eigenvalue weighted by Gasteiger charge is -2.11. The Hall–Kier alpha value is -2.70. The molecule has 1 atom stereocenters. The molecule has 6 nitrogen and oxygen atoms in total. The quantitative estimate of drug-likeness (QED) is 0.672. The van der Waals surface area contributed by atoms with Crippen LogP contribution in [0.2, 0.25) is 0 Å². The molecule has 2 aromatic carbocycles. The second-order valence-electron chi connectivity index (χ2n) is 5.85. The summed E-state index contributed by atoms with van der Waals surface area (Å²) in [5.41, 5.74) is 2.10. The summed E-state index contributed by atoms with van der Waals surface area (Å²) in [6, 6.07) is 11.0. The Bertz CT molecular complexity index is 899. The number of hydrogen-bond donors (Lipinski definition) is 2. The van der Waals surface area contributed by atoms with Crippen LogP contribution in [0.25, 0.3) is 22.3 Å². The number of aliphatic hydroxyl groups is 2. The van der Waals surface area contributed by atoms with E-state index in [-0.39, 0.29) is 13.0 Å². The Balaban J connectivity index is 2.08. The molecular weight excluding hydrogens is 336 g/mol. The zero-order valence-corrected chi connectivity index (χ0v) is 15.0. The molecular formula is C20H22O6. The number of methoxy groups -OCH3 is 3. The third-order valence-electron chi connectivity index (χ3n) is 4.28. The monoisotopic (exact) mass is 358 g/mol. The molecule has 1 aromatic heterocycles. The number of furan rings is 1. The number of aliphatic hydroxyl groups excluding tert-OH is 2. The van der Waals surface area contributed by atoms with Crippen LogP contribution in [0, 0.1) is 0 Å². The fraction of sp³-hybridized carbons (Fsp3) is 0.300. The summed E-state index contributed by atoms with van der Waals surface area (Å²) in [5.74, 6) is 2.42. The predicted molar refractivity (Wildman–Crippen MR) is 98.0 cm³/mol. The minimum Gasteiger partial charge on any atom is -0.493 e. The maximum absolute atomic E-state index is 10.2. The van der Waals surface area contributed by atoms with Gasteiger partial charge in [0.25, 0.3) is 0 Å². The summed E-state index contributed by atoms with van der Waals surface area (Å²) in [6.07, 6.45) is -0.507. The van der Waals surface area contributed by atoms with Crippen LogP contribution >= 0.6 is 0 Å². The van der Waals surface area contributed by atoms with E-state index in [4.69, 9.17) is 23.7 Å². The number of fused-ring (bicyclic) bond motifs is 1. The first-order valence-corrected chi connectivity index (χ1v) is 8.24. The Labute approximate surface area is 151 Å². The van der Waals surface area contributed by atoms with Crippen LogP contribution in [-0.2, 0) is 0 Å². The highest BCUT2D eigenvalue weighted by molar-refractivity contribution is 5.88. The molecule has 0 saturated heterocycles. The van der Waals surface area contributed by atoms with E-state index in [1.807, 2.05) is 30.3 Å². The molecule has 0 aliphatic heterocycles. The molecule has 3 aromatic rings. The van der Waals surface area contributed by atoms with E-state index >= 15 is 0 Å². The predicted octanol–water partition coefficient (Wildman–Crippen LogP) is 3.54. The highest BCUT2D eigenvalue weighted by Gasteiger charge is 2.17. The Morgan fingerprint density at radius 3 is 2.31 bits per heavy atom. The SMILES string of the molecule is COc1ccc(-c2cc3cc([C@@H](O)CCO)cc(OC)c3o2)cc1OC. The molecule has 0 unspecified atom stereocenters. The van der Waals surface area contributed by atoms with Crippen molar-refractivity contribution in [3.8, 4) is 28.6 Å². The summed E-state index contributed by atoms with van der Waals surface area (Å²) in [7, 11) is 4.72. The van der Waals surface area contributed by atoms with Crippen LogP contribution in [0.3, 0.4) is 0 Å². The molecule has 0 aliphatic rings. The van der Waals surface area contributed by atoms with Gasteiger partial charge in [0.15, 0.2) is 22.8 Å². The molecule has 138 valence electrons. The van der Waals surface area contributed by atoms with Crippen molar-refractivity contribution in [2.45, 2.75) is 12.5 Å². The van der Waals surface area contributed by atoms with Gasteiger partial charge < -0.3 is 28.8 Å². The standard InChI is InChI=1S/C20H22O6/c1-23-16-5-4-12(9-18(16)24-2)17-11-14-8-13(15(22)6-7-21)10-19(25-3)20(14)26-17/h4-5,8-11,15,21-22H,6-7H2,1-3H3/t15-/m0/s1. The molecule has 1 heterocycles. The van der Waals surface area contributed by atoms with Crippen molar-refractivity contribution >= 4 is 11.0 Å².